The molecule has 2 atom stereocenters. The molecule has 0 aromatic carbocycles. The van der Waals surface area contributed by atoms with Crippen molar-refractivity contribution in [2.24, 2.45) is 0 Å². The van der Waals surface area contributed by atoms with E-state index in [1.165, 1.54) is 25.7 Å². The lowest BCUT2D eigenvalue weighted by atomic mass is 10.1. The minimum absolute atomic E-state index is 0.0845. The van der Waals surface area contributed by atoms with Gasteiger partial charge in [-0.05, 0) is 32.6 Å². The first kappa shape index (κ1) is 8.85. The number of ether oxygens (including phenoxy) is 1. The van der Waals surface area contributed by atoms with Crippen molar-refractivity contribution in [1.82, 2.24) is 4.90 Å². The van der Waals surface area contributed by atoms with Crippen LogP contribution < -0.4 is 0 Å². The van der Waals surface area contributed by atoms with Gasteiger partial charge in [-0.25, -0.2) is 0 Å². The van der Waals surface area contributed by atoms with Crippen LogP contribution in [0.1, 0.15) is 32.6 Å². The third kappa shape index (κ3) is 1.28. The Morgan fingerprint density at radius 3 is 2.75 bits per heavy atom. The predicted octanol–water partition coefficient (Wildman–Crippen LogP) is 1.86. The van der Waals surface area contributed by atoms with Gasteiger partial charge in [0.05, 0.1) is 5.37 Å². The van der Waals surface area contributed by atoms with E-state index in [2.05, 4.69) is 24.5 Å². The van der Waals surface area contributed by atoms with Gasteiger partial charge in [0.25, 0.3) is 0 Å². The number of nitrogens with zero attached hydrogens (tertiary/aromatic N) is 1. The van der Waals surface area contributed by atoms with Gasteiger partial charge in [-0.3, -0.25) is 4.90 Å². The lowest BCUT2D eigenvalue weighted by Crippen LogP contribution is -2.46. The second-order valence-electron chi connectivity index (χ2n) is 3.83. The van der Waals surface area contributed by atoms with Gasteiger partial charge >= 0.3 is 0 Å². The van der Waals surface area contributed by atoms with E-state index < -0.39 is 0 Å². The second-order valence-corrected chi connectivity index (χ2v) is 4.57. The molecule has 3 heteroatoms. The van der Waals surface area contributed by atoms with E-state index in [0.717, 1.165) is 13.2 Å². The summed E-state index contributed by atoms with van der Waals surface area (Å²) in [5.74, 6) is 0. The zero-order valence-corrected chi connectivity index (χ0v) is 8.52. The van der Waals surface area contributed by atoms with Crippen LogP contribution in [0.2, 0.25) is 0 Å². The van der Waals surface area contributed by atoms with E-state index in [1.807, 2.05) is 0 Å². The summed E-state index contributed by atoms with van der Waals surface area (Å²) in [6.07, 6.45) is 4.90. The number of hydrogen-bond acceptors (Lipinski definition) is 3. The number of hydrogen-bond donors (Lipinski definition) is 1. The Balaban J connectivity index is 2.12. The molecule has 0 amide bonds. The zero-order valence-electron chi connectivity index (χ0n) is 7.62. The highest BCUT2D eigenvalue weighted by Crippen LogP contribution is 2.40. The largest absolute Gasteiger partial charge is 0.360 e. The van der Waals surface area contributed by atoms with E-state index >= 15 is 0 Å². The van der Waals surface area contributed by atoms with Crippen LogP contribution in [0.15, 0.2) is 0 Å². The van der Waals surface area contributed by atoms with E-state index in [9.17, 15) is 0 Å². The van der Waals surface area contributed by atoms with Crippen LogP contribution in [-0.2, 0) is 4.74 Å². The highest BCUT2D eigenvalue weighted by Gasteiger charge is 2.45. The Morgan fingerprint density at radius 2 is 2.17 bits per heavy atom. The first-order chi connectivity index (χ1) is 5.75. The average molecular weight is 187 g/mol. The summed E-state index contributed by atoms with van der Waals surface area (Å²) in [7, 11) is 0. The number of rotatable bonds is 1. The Morgan fingerprint density at radius 1 is 1.42 bits per heavy atom. The summed E-state index contributed by atoms with van der Waals surface area (Å²) < 4.78 is 5.85. The Labute approximate surface area is 79.7 Å². The summed E-state index contributed by atoms with van der Waals surface area (Å²) in [6, 6.07) is 0. The summed E-state index contributed by atoms with van der Waals surface area (Å²) >= 11 is 4.49. The van der Waals surface area contributed by atoms with Gasteiger partial charge in [-0.2, -0.15) is 12.6 Å². The summed E-state index contributed by atoms with van der Waals surface area (Å²) in [5, 5.41) is 0.339. The highest BCUT2D eigenvalue weighted by molar-refractivity contribution is 7.80. The molecule has 2 heterocycles. The zero-order chi connectivity index (χ0) is 8.60. The molecule has 12 heavy (non-hydrogen) atoms. The molecule has 0 N–H and O–H groups in total. The van der Waals surface area contributed by atoms with Crippen molar-refractivity contribution in [3.05, 3.63) is 0 Å². The fourth-order valence-corrected chi connectivity index (χ4v) is 2.83. The lowest BCUT2D eigenvalue weighted by Gasteiger charge is -2.36. The maximum absolute atomic E-state index is 5.85. The molecule has 70 valence electrons. The summed E-state index contributed by atoms with van der Waals surface area (Å²) in [4.78, 5) is 2.41. The normalized spacial score (nSPS) is 39.5. The molecule has 0 radical (unpaired) electrons. The van der Waals surface area contributed by atoms with Crippen LogP contribution in [0.25, 0.3) is 0 Å². The van der Waals surface area contributed by atoms with Crippen LogP contribution in [0.4, 0.5) is 0 Å². The van der Waals surface area contributed by atoms with Gasteiger partial charge < -0.3 is 4.74 Å². The van der Waals surface area contributed by atoms with E-state index in [1.54, 1.807) is 0 Å². The molecule has 0 saturated carbocycles. The number of thiol groups is 1. The quantitative estimate of drug-likeness (QED) is 0.629. The molecule has 2 aliphatic heterocycles. The van der Waals surface area contributed by atoms with Crippen molar-refractivity contribution in [2.45, 2.75) is 43.7 Å². The Hall–Kier alpha value is 0.270. The van der Waals surface area contributed by atoms with Crippen molar-refractivity contribution >= 4 is 12.6 Å². The topological polar surface area (TPSA) is 12.5 Å². The molecule has 2 fully saturated rings. The van der Waals surface area contributed by atoms with Gasteiger partial charge in [-0.1, -0.05) is 0 Å². The van der Waals surface area contributed by atoms with Crippen molar-refractivity contribution in [3.63, 3.8) is 0 Å². The van der Waals surface area contributed by atoms with Gasteiger partial charge in [0.2, 0.25) is 0 Å². The smallest absolute Gasteiger partial charge is 0.122 e. The average Bonchev–Trinajstić information content (AvgIpc) is 2.61. The van der Waals surface area contributed by atoms with Crippen molar-refractivity contribution in [1.29, 1.82) is 0 Å². The molecule has 1 spiro atoms. The van der Waals surface area contributed by atoms with Crippen molar-refractivity contribution < 1.29 is 4.74 Å². The third-order valence-electron chi connectivity index (χ3n) is 3.02. The van der Waals surface area contributed by atoms with Gasteiger partial charge in [0, 0.05) is 13.2 Å². The SMILES string of the molecule is CC(S)N1CCCC12CCCO2. The van der Waals surface area contributed by atoms with Gasteiger partial charge in [-0.15, -0.1) is 0 Å². The monoisotopic (exact) mass is 187 g/mol. The lowest BCUT2D eigenvalue weighted by molar-refractivity contribution is -0.0999. The van der Waals surface area contributed by atoms with Crippen LogP contribution in [0.3, 0.4) is 0 Å². The minimum Gasteiger partial charge on any atom is -0.360 e. The minimum atomic E-state index is 0.0845. The fourth-order valence-electron chi connectivity index (χ4n) is 2.51. The second kappa shape index (κ2) is 3.20. The highest BCUT2D eigenvalue weighted by atomic mass is 32.1. The first-order valence-electron chi connectivity index (χ1n) is 4.83. The van der Waals surface area contributed by atoms with E-state index in [-0.39, 0.29) is 5.72 Å². The van der Waals surface area contributed by atoms with E-state index in [4.69, 9.17) is 4.74 Å². The molecule has 2 nitrogen and oxygen atoms in total. The molecule has 2 aliphatic rings. The fraction of sp³-hybridized carbons (Fsp3) is 1.00. The summed E-state index contributed by atoms with van der Waals surface area (Å²) in [6.45, 7) is 4.24. The Bertz CT molecular complexity index is 160. The van der Waals surface area contributed by atoms with Crippen molar-refractivity contribution in [2.75, 3.05) is 13.2 Å². The first-order valence-corrected chi connectivity index (χ1v) is 5.35. The van der Waals surface area contributed by atoms with E-state index in [0.29, 0.717) is 5.37 Å². The molecular weight excluding hydrogens is 170 g/mol. The molecule has 0 aromatic heterocycles. The number of likely N-dealkylation sites (tertiary alicyclic amines) is 1. The van der Waals surface area contributed by atoms with Gasteiger partial charge in [0.1, 0.15) is 5.72 Å². The van der Waals surface area contributed by atoms with Crippen molar-refractivity contribution in [3.8, 4) is 0 Å². The molecule has 0 aliphatic carbocycles. The molecule has 2 rings (SSSR count). The standard InChI is InChI=1S/C9H17NOS/c1-8(12)10-6-2-4-9(10)5-3-7-11-9/h8,12H,2-7H2,1H3. The molecule has 0 bridgehead atoms. The Kier molecular flexibility index (Phi) is 2.36. The van der Waals surface area contributed by atoms with Crippen LogP contribution in [0, 0.1) is 0 Å². The molecule has 0 aromatic rings. The maximum Gasteiger partial charge on any atom is 0.122 e. The van der Waals surface area contributed by atoms with Crippen LogP contribution >= 0.6 is 12.6 Å². The van der Waals surface area contributed by atoms with Crippen LogP contribution in [-0.4, -0.2) is 29.2 Å². The third-order valence-corrected chi connectivity index (χ3v) is 3.30. The maximum atomic E-state index is 5.85. The molecular formula is C9H17NOS. The van der Waals surface area contributed by atoms with Crippen LogP contribution in [0.5, 0.6) is 0 Å². The van der Waals surface area contributed by atoms with Gasteiger partial charge in [0.15, 0.2) is 0 Å². The molecule has 2 unspecified atom stereocenters. The predicted molar refractivity (Wildman–Crippen MR) is 52.3 cm³/mol. The molecule has 2 saturated heterocycles. The summed E-state index contributed by atoms with van der Waals surface area (Å²) in [5.41, 5.74) is 0.0845.